The molecule has 1 unspecified atom stereocenters. The van der Waals surface area contributed by atoms with Crippen LogP contribution in [-0.4, -0.2) is 12.0 Å². The largest absolute Gasteiger partial charge is 0.478 e. The molecule has 1 atom stereocenters. The molecule has 2 aromatic carbocycles. The summed E-state index contributed by atoms with van der Waals surface area (Å²) in [6.07, 6.45) is -1.00. The van der Waals surface area contributed by atoms with Crippen molar-refractivity contribution in [2.24, 2.45) is 0 Å². The molecule has 3 nitrogen and oxygen atoms in total. The van der Waals surface area contributed by atoms with Gasteiger partial charge in [0.25, 0.3) is 5.91 Å². The molecular weight excluding hydrogens is 283 g/mol. The fourth-order valence-corrected chi connectivity index (χ4v) is 1.60. The van der Waals surface area contributed by atoms with Gasteiger partial charge in [0, 0.05) is 11.8 Å². The van der Waals surface area contributed by atoms with E-state index in [1.54, 1.807) is 6.07 Å². The van der Waals surface area contributed by atoms with E-state index in [2.05, 4.69) is 5.32 Å². The number of hydrogen-bond acceptors (Lipinski definition) is 2. The van der Waals surface area contributed by atoms with Crippen molar-refractivity contribution in [1.29, 1.82) is 0 Å². The Morgan fingerprint density at radius 2 is 1.76 bits per heavy atom. The Labute approximate surface area is 119 Å². The number of rotatable bonds is 4. The lowest BCUT2D eigenvalue weighted by Gasteiger charge is -2.15. The van der Waals surface area contributed by atoms with Gasteiger partial charge >= 0.3 is 0 Å². The van der Waals surface area contributed by atoms with E-state index < -0.39 is 29.5 Å². The Bertz CT molecular complexity index is 661. The smallest absolute Gasteiger partial charge is 0.265 e. The van der Waals surface area contributed by atoms with Crippen molar-refractivity contribution in [3.63, 3.8) is 0 Å². The Hall–Kier alpha value is -2.50. The van der Waals surface area contributed by atoms with Crippen LogP contribution in [0.1, 0.15) is 6.92 Å². The van der Waals surface area contributed by atoms with Crippen LogP contribution in [0.15, 0.2) is 42.5 Å². The number of nitrogens with one attached hydrogen (secondary N) is 1. The van der Waals surface area contributed by atoms with E-state index >= 15 is 0 Å². The lowest BCUT2D eigenvalue weighted by Crippen LogP contribution is -2.30. The van der Waals surface area contributed by atoms with Crippen LogP contribution >= 0.6 is 0 Å². The Balaban J connectivity index is 2.02. The zero-order chi connectivity index (χ0) is 15.4. The summed E-state index contributed by atoms with van der Waals surface area (Å²) < 4.78 is 44.4. The number of carbonyl (C=O) groups is 1. The van der Waals surface area contributed by atoms with Crippen molar-refractivity contribution in [3.8, 4) is 5.75 Å². The van der Waals surface area contributed by atoms with E-state index in [9.17, 15) is 18.0 Å². The summed E-state index contributed by atoms with van der Waals surface area (Å²) >= 11 is 0. The van der Waals surface area contributed by atoms with Gasteiger partial charge in [-0.3, -0.25) is 4.79 Å². The van der Waals surface area contributed by atoms with Crippen LogP contribution in [0.4, 0.5) is 18.9 Å². The molecule has 0 aliphatic rings. The third kappa shape index (κ3) is 3.75. The first-order valence-electron chi connectivity index (χ1n) is 6.14. The minimum atomic E-state index is -1.07. The van der Waals surface area contributed by atoms with Crippen LogP contribution in [0.2, 0.25) is 0 Å². The maximum Gasteiger partial charge on any atom is 0.265 e. The topological polar surface area (TPSA) is 38.3 Å². The summed E-state index contributed by atoms with van der Waals surface area (Å²) in [7, 11) is 0. The van der Waals surface area contributed by atoms with Crippen LogP contribution in [0.25, 0.3) is 0 Å². The second kappa shape index (κ2) is 6.30. The maximum absolute atomic E-state index is 13.4. The van der Waals surface area contributed by atoms with E-state index in [0.717, 1.165) is 12.1 Å². The highest BCUT2D eigenvalue weighted by Crippen LogP contribution is 2.18. The van der Waals surface area contributed by atoms with Gasteiger partial charge < -0.3 is 10.1 Å². The molecule has 0 aliphatic heterocycles. The zero-order valence-electron chi connectivity index (χ0n) is 11.1. The summed E-state index contributed by atoms with van der Waals surface area (Å²) in [5, 5.41) is 2.36. The van der Waals surface area contributed by atoms with Gasteiger partial charge in [-0.25, -0.2) is 13.2 Å². The number of carbonyl (C=O) groups excluding carboxylic acids is 1. The average Bonchev–Trinajstić information content (AvgIpc) is 2.45. The highest BCUT2D eigenvalue weighted by molar-refractivity contribution is 5.94. The van der Waals surface area contributed by atoms with Crippen molar-refractivity contribution in [2.75, 3.05) is 5.32 Å². The van der Waals surface area contributed by atoms with Gasteiger partial charge in [0.2, 0.25) is 0 Å². The molecule has 0 bridgehead atoms. The standard InChI is InChI=1S/C15H12F3NO2/c1-9(21-14-5-3-2-4-12(14)17)15(20)19-10-6-7-11(16)13(18)8-10/h2-9H,1H3,(H,19,20). The molecule has 0 aliphatic carbocycles. The number of amides is 1. The molecule has 2 aromatic rings. The van der Waals surface area contributed by atoms with E-state index in [-0.39, 0.29) is 11.4 Å². The van der Waals surface area contributed by atoms with E-state index in [0.29, 0.717) is 0 Å². The molecule has 0 fully saturated rings. The van der Waals surface area contributed by atoms with Gasteiger partial charge in [0.05, 0.1) is 0 Å². The predicted molar refractivity (Wildman–Crippen MR) is 71.5 cm³/mol. The van der Waals surface area contributed by atoms with Crippen LogP contribution < -0.4 is 10.1 Å². The molecule has 1 amide bonds. The SMILES string of the molecule is CC(Oc1ccccc1F)C(=O)Nc1ccc(F)c(F)c1. The summed E-state index contributed by atoms with van der Waals surface area (Å²) in [6.45, 7) is 1.42. The van der Waals surface area contributed by atoms with Crippen molar-refractivity contribution < 1.29 is 22.7 Å². The van der Waals surface area contributed by atoms with Crippen LogP contribution in [-0.2, 0) is 4.79 Å². The Morgan fingerprint density at radius 3 is 2.43 bits per heavy atom. The second-order valence-electron chi connectivity index (χ2n) is 4.31. The number of anilines is 1. The van der Waals surface area contributed by atoms with Crippen molar-refractivity contribution in [3.05, 3.63) is 59.9 Å². The summed E-state index contributed by atoms with van der Waals surface area (Å²) in [4.78, 5) is 11.8. The fourth-order valence-electron chi connectivity index (χ4n) is 1.60. The normalized spacial score (nSPS) is 11.8. The zero-order valence-corrected chi connectivity index (χ0v) is 11.1. The van der Waals surface area contributed by atoms with Gasteiger partial charge in [0.1, 0.15) is 0 Å². The van der Waals surface area contributed by atoms with E-state index in [1.807, 2.05) is 0 Å². The van der Waals surface area contributed by atoms with Gasteiger partial charge in [-0.15, -0.1) is 0 Å². The second-order valence-corrected chi connectivity index (χ2v) is 4.31. The third-order valence-electron chi connectivity index (χ3n) is 2.70. The first kappa shape index (κ1) is 14.9. The average molecular weight is 295 g/mol. The van der Waals surface area contributed by atoms with Gasteiger partial charge in [0.15, 0.2) is 29.3 Å². The van der Waals surface area contributed by atoms with Crippen LogP contribution in [0, 0.1) is 17.5 Å². The van der Waals surface area contributed by atoms with Gasteiger partial charge in [-0.1, -0.05) is 12.1 Å². The first-order valence-corrected chi connectivity index (χ1v) is 6.14. The Kier molecular flexibility index (Phi) is 4.47. The number of benzene rings is 2. The first-order chi connectivity index (χ1) is 9.97. The molecule has 21 heavy (non-hydrogen) atoms. The number of para-hydroxylation sites is 1. The molecule has 110 valence electrons. The monoisotopic (exact) mass is 295 g/mol. The molecule has 0 aromatic heterocycles. The van der Waals surface area contributed by atoms with Crippen molar-refractivity contribution in [2.45, 2.75) is 13.0 Å². The highest BCUT2D eigenvalue weighted by Gasteiger charge is 2.17. The lowest BCUT2D eigenvalue weighted by molar-refractivity contribution is -0.122. The molecule has 0 saturated carbocycles. The predicted octanol–water partition coefficient (Wildman–Crippen LogP) is 3.51. The highest BCUT2D eigenvalue weighted by atomic mass is 19.2. The van der Waals surface area contributed by atoms with Crippen LogP contribution in [0.3, 0.4) is 0 Å². The lowest BCUT2D eigenvalue weighted by atomic mass is 10.2. The van der Waals surface area contributed by atoms with Gasteiger partial charge in [-0.05, 0) is 31.2 Å². The summed E-state index contributed by atoms with van der Waals surface area (Å²) in [6, 6.07) is 8.61. The molecule has 6 heteroatoms. The minimum absolute atomic E-state index is 0.0644. The van der Waals surface area contributed by atoms with Crippen molar-refractivity contribution >= 4 is 11.6 Å². The quantitative estimate of drug-likeness (QED) is 0.937. The number of halogens is 3. The molecule has 1 N–H and O–H groups in total. The van der Waals surface area contributed by atoms with E-state index in [1.165, 1.54) is 31.2 Å². The molecule has 2 rings (SSSR count). The number of ether oxygens (including phenoxy) is 1. The number of hydrogen-bond donors (Lipinski definition) is 1. The minimum Gasteiger partial charge on any atom is -0.478 e. The fraction of sp³-hybridized carbons (Fsp3) is 0.133. The Morgan fingerprint density at radius 1 is 1.05 bits per heavy atom. The maximum atomic E-state index is 13.4. The van der Waals surface area contributed by atoms with Crippen molar-refractivity contribution in [1.82, 2.24) is 0 Å². The molecule has 0 heterocycles. The van der Waals surface area contributed by atoms with E-state index in [4.69, 9.17) is 4.74 Å². The third-order valence-corrected chi connectivity index (χ3v) is 2.70. The summed E-state index contributed by atoms with van der Waals surface area (Å²) in [5.41, 5.74) is 0.0860. The molecular formula is C15H12F3NO2. The van der Waals surface area contributed by atoms with Crippen LogP contribution in [0.5, 0.6) is 5.75 Å². The van der Waals surface area contributed by atoms with Gasteiger partial charge in [-0.2, -0.15) is 0 Å². The molecule has 0 radical (unpaired) electrons. The molecule has 0 saturated heterocycles. The molecule has 0 spiro atoms. The summed E-state index contributed by atoms with van der Waals surface area (Å²) in [5.74, 6) is -3.35.